The van der Waals surface area contributed by atoms with Gasteiger partial charge in [-0.15, -0.1) is 0 Å². The first-order chi connectivity index (χ1) is 13.1. The summed E-state index contributed by atoms with van der Waals surface area (Å²) in [4.78, 5) is 22.0. The molecule has 1 atom stereocenters. The molecule has 0 saturated carbocycles. The fraction of sp³-hybridized carbons (Fsp3) is 0.300. The number of rotatable bonds is 3. The lowest BCUT2D eigenvalue weighted by Crippen LogP contribution is -2.23. The number of nitrogens with zero attached hydrogens (tertiary/aromatic N) is 4. The highest BCUT2D eigenvalue weighted by molar-refractivity contribution is 7.85. The van der Waals surface area contributed by atoms with E-state index in [1.807, 2.05) is 51.1 Å². The second-order valence-corrected chi connectivity index (χ2v) is 9.69. The molecule has 0 bridgehead atoms. The highest BCUT2D eigenvalue weighted by Crippen LogP contribution is 2.23. The Morgan fingerprint density at radius 2 is 1.82 bits per heavy atom. The second-order valence-electron chi connectivity index (χ2n) is 7.39. The Balaban J connectivity index is 2.33. The first-order valence-corrected chi connectivity index (χ1v) is 10.2. The van der Waals surface area contributed by atoms with Crippen LogP contribution in [0, 0.1) is 0 Å². The molecule has 0 radical (unpaired) electrons. The van der Waals surface area contributed by atoms with Crippen molar-refractivity contribution in [2.24, 2.45) is 11.4 Å². The van der Waals surface area contributed by atoms with Gasteiger partial charge in [-0.25, -0.2) is 14.2 Å². The second kappa shape index (κ2) is 7.56. The molecule has 0 aliphatic heterocycles. The minimum absolute atomic E-state index is 0.157. The quantitative estimate of drug-likeness (QED) is 0.479. The van der Waals surface area contributed by atoms with Gasteiger partial charge in [-0.1, -0.05) is 41.9 Å². The molecule has 2 heterocycles. The van der Waals surface area contributed by atoms with Crippen LogP contribution in [0.25, 0.3) is 22.3 Å². The zero-order valence-electron chi connectivity index (χ0n) is 16.4. The van der Waals surface area contributed by atoms with E-state index in [4.69, 9.17) is 16.6 Å². The first kappa shape index (κ1) is 20.4. The van der Waals surface area contributed by atoms with Gasteiger partial charge in [0.25, 0.3) is 5.56 Å². The summed E-state index contributed by atoms with van der Waals surface area (Å²) in [7, 11) is 0.193. The van der Waals surface area contributed by atoms with E-state index in [1.165, 1.54) is 10.6 Å². The number of hydrogen-bond donors (Lipinski definition) is 0. The molecule has 8 heteroatoms. The van der Waals surface area contributed by atoms with E-state index >= 15 is 0 Å². The molecule has 0 spiro atoms. The molecule has 6 nitrogen and oxygen atoms in total. The molecular weight excluding hydrogens is 396 g/mol. The van der Waals surface area contributed by atoms with Gasteiger partial charge in [-0.2, -0.15) is 4.40 Å². The van der Waals surface area contributed by atoms with Crippen LogP contribution in [-0.2, 0) is 18.0 Å². The van der Waals surface area contributed by atoms with Crippen molar-refractivity contribution in [3.05, 3.63) is 57.6 Å². The topological polar surface area (TPSA) is 77.2 Å². The Morgan fingerprint density at radius 3 is 2.43 bits per heavy atom. The summed E-state index contributed by atoms with van der Waals surface area (Å²) in [6, 6.07) is 10.9. The monoisotopic (exact) mass is 416 g/mol. The van der Waals surface area contributed by atoms with E-state index in [0.29, 0.717) is 28.1 Å². The molecule has 0 aliphatic carbocycles. The van der Waals surface area contributed by atoms with Crippen molar-refractivity contribution in [2.45, 2.75) is 32.4 Å². The lowest BCUT2D eigenvalue weighted by Gasteiger charge is -2.15. The van der Waals surface area contributed by atoms with Crippen LogP contribution in [0.3, 0.4) is 0 Å². The van der Waals surface area contributed by atoms with E-state index in [1.54, 1.807) is 14.0 Å². The normalized spacial score (nSPS) is 13.7. The standard InChI is InChI=1S/C20H21ClN4O2S/c1-12(24-28(27)20(2,3)4)16-17-14(11-15(21)22-16)19(26)25(5)18(23-17)13-9-7-6-8-10-13/h6-11H,1-5H3/b24-12+/t28-/m1/s1. The summed E-state index contributed by atoms with van der Waals surface area (Å²) in [6.07, 6.45) is 0. The number of benzene rings is 1. The van der Waals surface area contributed by atoms with Crippen LogP contribution in [0.1, 0.15) is 33.4 Å². The van der Waals surface area contributed by atoms with Gasteiger partial charge in [-0.05, 0) is 33.8 Å². The molecule has 0 fully saturated rings. The summed E-state index contributed by atoms with van der Waals surface area (Å²) < 4.78 is 17.7. The van der Waals surface area contributed by atoms with Crippen LogP contribution in [0.4, 0.5) is 0 Å². The largest absolute Gasteiger partial charge is 0.295 e. The van der Waals surface area contributed by atoms with Crippen molar-refractivity contribution < 1.29 is 4.21 Å². The van der Waals surface area contributed by atoms with Crippen LogP contribution in [0.2, 0.25) is 5.15 Å². The number of hydrogen-bond acceptors (Lipinski definition) is 4. The van der Waals surface area contributed by atoms with E-state index in [-0.39, 0.29) is 10.7 Å². The molecule has 0 unspecified atom stereocenters. The lowest BCUT2D eigenvalue weighted by atomic mass is 10.1. The third kappa shape index (κ3) is 3.91. The highest BCUT2D eigenvalue weighted by atomic mass is 35.5. The van der Waals surface area contributed by atoms with Crippen LogP contribution < -0.4 is 5.56 Å². The van der Waals surface area contributed by atoms with Crippen molar-refractivity contribution in [1.29, 1.82) is 0 Å². The maximum Gasteiger partial charge on any atom is 0.261 e. The number of aromatic nitrogens is 3. The fourth-order valence-corrected chi connectivity index (χ4v) is 3.45. The van der Waals surface area contributed by atoms with Gasteiger partial charge in [0.2, 0.25) is 0 Å². The molecule has 0 saturated heterocycles. The third-order valence-corrected chi connectivity index (χ3v) is 5.83. The van der Waals surface area contributed by atoms with Gasteiger partial charge in [-0.3, -0.25) is 9.36 Å². The van der Waals surface area contributed by atoms with Gasteiger partial charge in [0.15, 0.2) is 0 Å². The van der Waals surface area contributed by atoms with Crippen LogP contribution >= 0.6 is 11.6 Å². The minimum atomic E-state index is -1.47. The predicted octanol–water partition coefficient (Wildman–Crippen LogP) is 3.92. The van der Waals surface area contributed by atoms with Crippen LogP contribution in [0.5, 0.6) is 0 Å². The van der Waals surface area contributed by atoms with Crippen molar-refractivity contribution in [3.63, 3.8) is 0 Å². The molecule has 3 aromatic rings. The van der Waals surface area contributed by atoms with E-state index in [9.17, 15) is 9.00 Å². The molecule has 0 aliphatic rings. The Hall–Kier alpha value is -2.38. The van der Waals surface area contributed by atoms with Crippen molar-refractivity contribution >= 4 is 39.2 Å². The van der Waals surface area contributed by atoms with Crippen molar-refractivity contribution in [2.75, 3.05) is 0 Å². The van der Waals surface area contributed by atoms with Gasteiger partial charge >= 0.3 is 0 Å². The maximum absolute atomic E-state index is 13.0. The molecule has 0 N–H and O–H groups in total. The molecule has 28 heavy (non-hydrogen) atoms. The summed E-state index contributed by atoms with van der Waals surface area (Å²) in [6.45, 7) is 7.21. The predicted molar refractivity (Wildman–Crippen MR) is 115 cm³/mol. The Morgan fingerprint density at radius 1 is 1.18 bits per heavy atom. The Labute approximate surface area is 170 Å². The molecule has 146 valence electrons. The third-order valence-electron chi connectivity index (χ3n) is 4.15. The summed E-state index contributed by atoms with van der Waals surface area (Å²) in [5.41, 5.74) is 1.73. The maximum atomic E-state index is 13.0. The summed E-state index contributed by atoms with van der Waals surface area (Å²) >= 11 is 6.16. The van der Waals surface area contributed by atoms with Gasteiger partial charge in [0.05, 0.1) is 15.8 Å². The van der Waals surface area contributed by atoms with Gasteiger partial charge < -0.3 is 0 Å². The average molecular weight is 417 g/mol. The summed E-state index contributed by atoms with van der Waals surface area (Å²) in [5, 5.41) is 0.498. The number of halogens is 1. The zero-order chi connectivity index (χ0) is 20.6. The molecule has 0 amide bonds. The van der Waals surface area contributed by atoms with E-state index < -0.39 is 15.7 Å². The summed E-state index contributed by atoms with van der Waals surface area (Å²) in [5.74, 6) is 0.508. The van der Waals surface area contributed by atoms with Gasteiger partial charge in [0.1, 0.15) is 33.2 Å². The van der Waals surface area contributed by atoms with Gasteiger partial charge in [0, 0.05) is 12.6 Å². The highest BCUT2D eigenvalue weighted by Gasteiger charge is 2.21. The first-order valence-electron chi connectivity index (χ1n) is 8.70. The number of pyridine rings is 1. The lowest BCUT2D eigenvalue weighted by molar-refractivity contribution is 0.650. The molecule has 3 rings (SSSR count). The molecule has 1 aromatic carbocycles. The van der Waals surface area contributed by atoms with Crippen LogP contribution in [0.15, 0.2) is 45.6 Å². The molecular formula is C20H21ClN4O2S. The SMILES string of the molecule is C/C(=N\[S@](=O)C(C)(C)C)c1nc(Cl)cc2c(=O)n(C)c(-c3ccccc3)nc12. The van der Waals surface area contributed by atoms with E-state index in [0.717, 1.165) is 5.56 Å². The number of fused-ring (bicyclic) bond motifs is 1. The Kier molecular flexibility index (Phi) is 5.50. The average Bonchev–Trinajstić information content (AvgIpc) is 2.64. The fourth-order valence-electron chi connectivity index (χ4n) is 2.64. The van der Waals surface area contributed by atoms with E-state index in [2.05, 4.69) is 9.38 Å². The minimum Gasteiger partial charge on any atom is -0.295 e. The Bertz CT molecular complexity index is 1160. The molecule has 2 aromatic heterocycles. The van der Waals surface area contributed by atoms with Crippen molar-refractivity contribution in [1.82, 2.24) is 14.5 Å². The van der Waals surface area contributed by atoms with Crippen molar-refractivity contribution in [3.8, 4) is 11.4 Å². The smallest absolute Gasteiger partial charge is 0.261 e. The van der Waals surface area contributed by atoms with Crippen LogP contribution in [-0.4, -0.2) is 29.2 Å². The zero-order valence-corrected chi connectivity index (χ0v) is 17.9.